The van der Waals surface area contributed by atoms with E-state index in [-0.39, 0.29) is 5.78 Å². The Balaban J connectivity index is 2.04. The molecule has 1 heterocycles. The number of unbranched alkanes of at least 4 members (excludes halogenated alkanes) is 3. The number of aromatic nitrogens is 2. The molecule has 18 heavy (non-hydrogen) atoms. The lowest BCUT2D eigenvalue weighted by atomic mass is 10.0. The summed E-state index contributed by atoms with van der Waals surface area (Å²) in [6, 6.07) is 5.55. The van der Waals surface area contributed by atoms with Crippen LogP contribution < -0.4 is 0 Å². The fraction of sp³-hybridized carbons (Fsp3) is 0.400. The number of carbonyl (C=O) groups excluding carboxylic acids is 1. The number of benzene rings is 1. The first kappa shape index (κ1) is 12.7. The maximum atomic E-state index is 12.0. The zero-order valence-electron chi connectivity index (χ0n) is 10.7. The number of Topliss-reactive ketones (excluding diaryl/α,β-unsaturated/α-hetero) is 1. The van der Waals surface area contributed by atoms with Crippen molar-refractivity contribution in [3.8, 4) is 0 Å². The summed E-state index contributed by atoms with van der Waals surface area (Å²) < 4.78 is 0. The van der Waals surface area contributed by atoms with Crippen molar-refractivity contribution in [3.63, 3.8) is 0 Å². The van der Waals surface area contributed by atoms with Crippen LogP contribution in [0.1, 0.15) is 49.4 Å². The fourth-order valence-corrected chi connectivity index (χ4v) is 1.99. The van der Waals surface area contributed by atoms with Crippen LogP contribution in [0.3, 0.4) is 0 Å². The van der Waals surface area contributed by atoms with Crippen LogP contribution >= 0.6 is 0 Å². The number of rotatable bonds is 6. The first-order valence-electron chi connectivity index (χ1n) is 6.55. The molecule has 3 heteroatoms. The molecule has 0 N–H and O–H groups in total. The monoisotopic (exact) mass is 242 g/mol. The van der Waals surface area contributed by atoms with Gasteiger partial charge in [-0.25, -0.2) is 0 Å². The Labute approximate surface area is 107 Å². The van der Waals surface area contributed by atoms with Crippen LogP contribution in [0.2, 0.25) is 0 Å². The minimum Gasteiger partial charge on any atom is -0.294 e. The second-order valence-electron chi connectivity index (χ2n) is 4.49. The minimum atomic E-state index is 0.207. The van der Waals surface area contributed by atoms with E-state index in [1.54, 1.807) is 12.4 Å². The highest BCUT2D eigenvalue weighted by molar-refractivity contribution is 5.98. The van der Waals surface area contributed by atoms with E-state index in [2.05, 4.69) is 16.9 Å². The fourth-order valence-electron chi connectivity index (χ4n) is 1.99. The first-order valence-corrected chi connectivity index (χ1v) is 6.55. The van der Waals surface area contributed by atoms with Crippen LogP contribution in [0.25, 0.3) is 11.0 Å². The molecule has 3 nitrogen and oxygen atoms in total. The smallest absolute Gasteiger partial charge is 0.162 e. The SMILES string of the molecule is CCCCCCC(=O)c1ccc2nccnc2c1. The summed E-state index contributed by atoms with van der Waals surface area (Å²) in [6.07, 6.45) is 8.45. The molecule has 0 saturated carbocycles. The van der Waals surface area contributed by atoms with Gasteiger partial charge in [-0.2, -0.15) is 0 Å². The molecule has 0 aliphatic rings. The zero-order valence-corrected chi connectivity index (χ0v) is 10.7. The van der Waals surface area contributed by atoms with E-state index < -0.39 is 0 Å². The van der Waals surface area contributed by atoms with Crippen LogP contribution in [0, 0.1) is 0 Å². The largest absolute Gasteiger partial charge is 0.294 e. The van der Waals surface area contributed by atoms with Crippen molar-refractivity contribution in [2.75, 3.05) is 0 Å². The predicted octanol–water partition coefficient (Wildman–Crippen LogP) is 3.78. The molecule has 0 atom stereocenters. The minimum absolute atomic E-state index is 0.207. The topological polar surface area (TPSA) is 42.9 Å². The Kier molecular flexibility index (Phi) is 4.40. The summed E-state index contributed by atoms with van der Waals surface area (Å²) in [5.41, 5.74) is 2.37. The highest BCUT2D eigenvalue weighted by atomic mass is 16.1. The van der Waals surface area contributed by atoms with Gasteiger partial charge in [0.25, 0.3) is 0 Å². The van der Waals surface area contributed by atoms with E-state index in [1.165, 1.54) is 12.8 Å². The number of hydrogen-bond acceptors (Lipinski definition) is 3. The van der Waals surface area contributed by atoms with E-state index in [9.17, 15) is 4.79 Å². The summed E-state index contributed by atoms with van der Waals surface area (Å²) in [5.74, 6) is 0.207. The van der Waals surface area contributed by atoms with E-state index in [0.29, 0.717) is 6.42 Å². The molecule has 0 aliphatic heterocycles. The molecule has 0 radical (unpaired) electrons. The van der Waals surface area contributed by atoms with Crippen molar-refractivity contribution < 1.29 is 4.79 Å². The lowest BCUT2D eigenvalue weighted by Crippen LogP contribution is -1.99. The summed E-state index contributed by atoms with van der Waals surface area (Å²) in [5, 5.41) is 0. The van der Waals surface area contributed by atoms with Gasteiger partial charge in [0.05, 0.1) is 11.0 Å². The van der Waals surface area contributed by atoms with Crippen LogP contribution in [0.15, 0.2) is 30.6 Å². The normalized spacial score (nSPS) is 10.7. The maximum Gasteiger partial charge on any atom is 0.162 e. The average Bonchev–Trinajstić information content (AvgIpc) is 2.43. The second-order valence-corrected chi connectivity index (χ2v) is 4.49. The molecule has 1 aromatic carbocycles. The van der Waals surface area contributed by atoms with Crippen molar-refractivity contribution >= 4 is 16.8 Å². The van der Waals surface area contributed by atoms with Crippen molar-refractivity contribution in [1.82, 2.24) is 9.97 Å². The van der Waals surface area contributed by atoms with Gasteiger partial charge >= 0.3 is 0 Å². The van der Waals surface area contributed by atoms with Crippen molar-refractivity contribution in [3.05, 3.63) is 36.2 Å². The molecule has 2 aromatic rings. The molecule has 0 spiro atoms. The number of carbonyl (C=O) groups is 1. The Morgan fingerprint density at radius 3 is 2.61 bits per heavy atom. The Hall–Kier alpha value is -1.77. The van der Waals surface area contributed by atoms with Crippen LogP contribution in [-0.4, -0.2) is 15.8 Å². The number of ketones is 1. The second kappa shape index (κ2) is 6.24. The Morgan fingerprint density at radius 1 is 1.06 bits per heavy atom. The van der Waals surface area contributed by atoms with Crippen molar-refractivity contribution in [2.24, 2.45) is 0 Å². The van der Waals surface area contributed by atoms with Gasteiger partial charge in [-0.1, -0.05) is 26.2 Å². The third-order valence-corrected chi connectivity index (χ3v) is 3.05. The third-order valence-electron chi connectivity index (χ3n) is 3.05. The van der Waals surface area contributed by atoms with Crippen LogP contribution in [0.5, 0.6) is 0 Å². The van der Waals surface area contributed by atoms with E-state index in [0.717, 1.165) is 29.4 Å². The Bertz CT molecular complexity index is 537. The van der Waals surface area contributed by atoms with Crippen molar-refractivity contribution in [2.45, 2.75) is 39.0 Å². The summed E-state index contributed by atoms with van der Waals surface area (Å²) in [4.78, 5) is 20.4. The van der Waals surface area contributed by atoms with Gasteiger partial charge in [-0.15, -0.1) is 0 Å². The molecule has 0 unspecified atom stereocenters. The van der Waals surface area contributed by atoms with Crippen LogP contribution in [-0.2, 0) is 0 Å². The molecule has 2 rings (SSSR count). The van der Waals surface area contributed by atoms with Gasteiger partial charge in [-0.05, 0) is 24.6 Å². The number of nitrogens with zero attached hydrogens (tertiary/aromatic N) is 2. The maximum absolute atomic E-state index is 12.0. The Morgan fingerprint density at radius 2 is 1.83 bits per heavy atom. The van der Waals surface area contributed by atoms with E-state index in [4.69, 9.17) is 0 Å². The molecule has 1 aromatic heterocycles. The summed E-state index contributed by atoms with van der Waals surface area (Å²) in [6.45, 7) is 2.17. The van der Waals surface area contributed by atoms with Gasteiger partial charge in [-0.3, -0.25) is 14.8 Å². The molecular formula is C15H18N2O. The third kappa shape index (κ3) is 3.13. The molecule has 94 valence electrons. The van der Waals surface area contributed by atoms with Crippen LogP contribution in [0.4, 0.5) is 0 Å². The number of hydrogen-bond donors (Lipinski definition) is 0. The highest BCUT2D eigenvalue weighted by Gasteiger charge is 2.06. The molecule has 0 amide bonds. The lowest BCUT2D eigenvalue weighted by Gasteiger charge is -2.02. The van der Waals surface area contributed by atoms with E-state index >= 15 is 0 Å². The van der Waals surface area contributed by atoms with Gasteiger partial charge in [0.2, 0.25) is 0 Å². The van der Waals surface area contributed by atoms with Gasteiger partial charge in [0.15, 0.2) is 5.78 Å². The average molecular weight is 242 g/mol. The molecule has 0 fully saturated rings. The first-order chi connectivity index (χ1) is 8.81. The predicted molar refractivity (Wildman–Crippen MR) is 72.6 cm³/mol. The quantitative estimate of drug-likeness (QED) is 0.572. The van der Waals surface area contributed by atoms with Gasteiger partial charge < -0.3 is 0 Å². The van der Waals surface area contributed by atoms with Gasteiger partial charge in [0.1, 0.15) is 0 Å². The molecular weight excluding hydrogens is 224 g/mol. The number of fused-ring (bicyclic) bond motifs is 1. The lowest BCUT2D eigenvalue weighted by molar-refractivity contribution is 0.0979. The molecule has 0 aliphatic carbocycles. The standard InChI is InChI=1S/C15H18N2O/c1-2-3-4-5-6-15(18)12-7-8-13-14(11-12)17-10-9-16-13/h7-11H,2-6H2,1H3. The molecule has 0 bridgehead atoms. The highest BCUT2D eigenvalue weighted by Crippen LogP contribution is 2.14. The summed E-state index contributed by atoms with van der Waals surface area (Å²) >= 11 is 0. The molecule has 0 saturated heterocycles. The van der Waals surface area contributed by atoms with E-state index in [1.807, 2.05) is 18.2 Å². The van der Waals surface area contributed by atoms with Gasteiger partial charge in [0, 0.05) is 24.4 Å². The zero-order chi connectivity index (χ0) is 12.8. The van der Waals surface area contributed by atoms with Crippen molar-refractivity contribution in [1.29, 1.82) is 0 Å². The summed E-state index contributed by atoms with van der Waals surface area (Å²) in [7, 11) is 0.